The number of hydrogen-bond donors (Lipinski definition) is 1. The third-order valence-corrected chi connectivity index (χ3v) is 6.29. The molecule has 138 valence electrons. The van der Waals surface area contributed by atoms with Crippen LogP contribution in [0.4, 0.5) is 5.69 Å². The first kappa shape index (κ1) is 16.6. The van der Waals surface area contributed by atoms with Crippen LogP contribution in [0.1, 0.15) is 22.0 Å². The molecule has 3 aromatic rings. The molecule has 2 atom stereocenters. The molecule has 2 aliphatic heterocycles. The third-order valence-electron chi connectivity index (χ3n) is 5.56. The minimum absolute atomic E-state index is 0.188. The number of nitrogens with zero attached hydrogens (tertiary/aromatic N) is 4. The molecule has 2 aromatic heterocycles. The van der Waals surface area contributed by atoms with Crippen molar-refractivity contribution in [2.45, 2.75) is 19.5 Å². The summed E-state index contributed by atoms with van der Waals surface area (Å²) < 4.78 is 2.02. The van der Waals surface area contributed by atoms with E-state index in [1.807, 2.05) is 34.9 Å². The Morgan fingerprint density at radius 2 is 1.96 bits per heavy atom. The summed E-state index contributed by atoms with van der Waals surface area (Å²) in [5.41, 5.74) is 2.16. The van der Waals surface area contributed by atoms with Crippen molar-refractivity contribution in [2.75, 3.05) is 18.4 Å². The highest BCUT2D eigenvalue weighted by molar-refractivity contribution is 7.07. The van der Waals surface area contributed by atoms with Gasteiger partial charge in [0.1, 0.15) is 5.82 Å². The molecule has 0 spiro atoms. The molecular weight excluding hydrogens is 358 g/mol. The molecule has 1 N–H and O–H groups in total. The van der Waals surface area contributed by atoms with Gasteiger partial charge in [-0.3, -0.25) is 9.69 Å². The number of carbonyl (C=O) groups excluding carboxylic acids is 1. The van der Waals surface area contributed by atoms with E-state index in [0.29, 0.717) is 17.7 Å². The van der Waals surface area contributed by atoms with Crippen molar-refractivity contribution in [2.24, 2.45) is 11.8 Å². The van der Waals surface area contributed by atoms with Crippen molar-refractivity contribution in [1.29, 1.82) is 0 Å². The Kier molecular flexibility index (Phi) is 4.26. The summed E-state index contributed by atoms with van der Waals surface area (Å²) in [6.07, 6.45) is 0.899. The fourth-order valence-electron chi connectivity index (χ4n) is 4.27. The molecule has 0 unspecified atom stereocenters. The fourth-order valence-corrected chi connectivity index (χ4v) is 4.93. The summed E-state index contributed by atoms with van der Waals surface area (Å²) >= 11 is 1.75. The first-order valence-electron chi connectivity index (χ1n) is 9.28. The molecular formula is C20H21N5OS. The largest absolute Gasteiger partial charge is 0.319 e. The van der Waals surface area contributed by atoms with Crippen molar-refractivity contribution >= 4 is 22.9 Å². The van der Waals surface area contributed by atoms with Crippen LogP contribution in [0, 0.1) is 11.8 Å². The van der Waals surface area contributed by atoms with Crippen molar-refractivity contribution in [3.05, 3.63) is 64.4 Å². The monoisotopic (exact) mass is 379 g/mol. The molecule has 0 radical (unpaired) electrons. The zero-order valence-electron chi connectivity index (χ0n) is 14.9. The normalized spacial score (nSPS) is 21.6. The lowest BCUT2D eigenvalue weighted by molar-refractivity contribution is 0.100. The van der Waals surface area contributed by atoms with Crippen LogP contribution < -0.4 is 5.32 Å². The number of hydrogen-bond acceptors (Lipinski definition) is 5. The molecule has 1 saturated heterocycles. The average Bonchev–Trinajstić information content (AvgIpc) is 3.40. The molecule has 1 amide bonds. The van der Waals surface area contributed by atoms with E-state index < -0.39 is 0 Å². The van der Waals surface area contributed by atoms with Crippen LogP contribution in [0.25, 0.3) is 0 Å². The number of benzene rings is 1. The van der Waals surface area contributed by atoms with Crippen molar-refractivity contribution in [3.8, 4) is 0 Å². The van der Waals surface area contributed by atoms with Gasteiger partial charge in [0, 0.05) is 38.3 Å². The maximum absolute atomic E-state index is 12.7. The zero-order chi connectivity index (χ0) is 18.2. The Labute approximate surface area is 161 Å². The van der Waals surface area contributed by atoms with E-state index in [0.717, 1.165) is 44.1 Å². The van der Waals surface area contributed by atoms with E-state index in [1.165, 1.54) is 5.56 Å². The van der Waals surface area contributed by atoms with E-state index in [1.54, 1.807) is 11.3 Å². The number of nitrogens with one attached hydrogen (secondary N) is 1. The Balaban J connectivity index is 1.30. The number of aromatic nitrogens is 3. The smallest absolute Gasteiger partial charge is 0.293 e. The summed E-state index contributed by atoms with van der Waals surface area (Å²) in [5, 5.41) is 15.8. The molecule has 0 aliphatic carbocycles. The summed E-state index contributed by atoms with van der Waals surface area (Å²) in [7, 11) is 0. The lowest BCUT2D eigenvalue weighted by atomic mass is 9.89. The SMILES string of the molecule is O=C(Nc1ccccc1)c1nnc2n1C[C@H]1CN(Cc3ccsc3)C[C@@H]1C2. The van der Waals surface area contributed by atoms with Crippen LogP contribution in [-0.2, 0) is 19.5 Å². The maximum atomic E-state index is 12.7. The van der Waals surface area contributed by atoms with Gasteiger partial charge in [-0.25, -0.2) is 0 Å². The van der Waals surface area contributed by atoms with Gasteiger partial charge in [-0.1, -0.05) is 18.2 Å². The molecule has 7 heteroatoms. The fraction of sp³-hybridized carbons (Fsp3) is 0.350. The number of fused-ring (bicyclic) bond motifs is 2. The number of carbonyl (C=O) groups is 1. The van der Waals surface area contributed by atoms with Crippen LogP contribution in [0.3, 0.4) is 0 Å². The highest BCUT2D eigenvalue weighted by Crippen LogP contribution is 2.33. The Morgan fingerprint density at radius 1 is 1.11 bits per heavy atom. The van der Waals surface area contributed by atoms with Crippen LogP contribution in [0.2, 0.25) is 0 Å². The van der Waals surface area contributed by atoms with Crippen molar-refractivity contribution < 1.29 is 4.79 Å². The first-order chi connectivity index (χ1) is 13.3. The molecule has 6 nitrogen and oxygen atoms in total. The second kappa shape index (κ2) is 6.90. The Morgan fingerprint density at radius 3 is 2.78 bits per heavy atom. The first-order valence-corrected chi connectivity index (χ1v) is 10.2. The van der Waals surface area contributed by atoms with Gasteiger partial charge in [0.2, 0.25) is 5.82 Å². The number of anilines is 1. The van der Waals surface area contributed by atoms with Crippen LogP contribution in [-0.4, -0.2) is 38.7 Å². The summed E-state index contributed by atoms with van der Waals surface area (Å²) in [6, 6.07) is 11.7. The standard InChI is InChI=1S/C20H21N5OS/c26-20(21-17-4-2-1-3-5-17)19-23-22-18-8-15-10-24(9-14-6-7-27-13-14)11-16(15)12-25(18)19/h1-7,13,15-16H,8-12H2,(H,21,26)/t15-,16+/m0/s1. The number of para-hydroxylation sites is 1. The predicted octanol–water partition coefficient (Wildman–Crippen LogP) is 2.90. The second-order valence-corrected chi connectivity index (χ2v) is 8.20. The molecule has 4 heterocycles. The number of likely N-dealkylation sites (tertiary alicyclic amines) is 1. The Bertz CT molecular complexity index is 937. The highest BCUT2D eigenvalue weighted by atomic mass is 32.1. The maximum Gasteiger partial charge on any atom is 0.293 e. The summed E-state index contributed by atoms with van der Waals surface area (Å²) in [6.45, 7) is 4.00. The average molecular weight is 379 g/mol. The molecule has 1 aromatic carbocycles. The van der Waals surface area contributed by atoms with E-state index in [4.69, 9.17) is 0 Å². The molecule has 0 bridgehead atoms. The van der Waals surface area contributed by atoms with E-state index in [9.17, 15) is 4.79 Å². The van der Waals surface area contributed by atoms with Crippen LogP contribution in [0.15, 0.2) is 47.2 Å². The van der Waals surface area contributed by atoms with Crippen LogP contribution in [0.5, 0.6) is 0 Å². The van der Waals surface area contributed by atoms with Gasteiger partial charge in [0.15, 0.2) is 0 Å². The minimum atomic E-state index is -0.188. The van der Waals surface area contributed by atoms with Gasteiger partial charge in [0.05, 0.1) is 0 Å². The summed E-state index contributed by atoms with van der Waals surface area (Å²) in [5.74, 6) is 2.32. The molecule has 1 fully saturated rings. The lowest BCUT2D eigenvalue weighted by Gasteiger charge is -2.25. The Hall–Kier alpha value is -2.51. The van der Waals surface area contributed by atoms with Gasteiger partial charge >= 0.3 is 0 Å². The topological polar surface area (TPSA) is 63.1 Å². The van der Waals surface area contributed by atoms with E-state index in [2.05, 4.69) is 37.2 Å². The van der Waals surface area contributed by atoms with Crippen molar-refractivity contribution in [3.63, 3.8) is 0 Å². The van der Waals surface area contributed by atoms with E-state index in [-0.39, 0.29) is 5.91 Å². The number of thiophene rings is 1. The molecule has 27 heavy (non-hydrogen) atoms. The van der Waals surface area contributed by atoms with Gasteiger partial charge in [-0.2, -0.15) is 11.3 Å². The minimum Gasteiger partial charge on any atom is -0.319 e. The molecule has 2 aliphatic rings. The lowest BCUT2D eigenvalue weighted by Crippen LogP contribution is -2.31. The van der Waals surface area contributed by atoms with Gasteiger partial charge in [0.25, 0.3) is 5.91 Å². The quantitative estimate of drug-likeness (QED) is 0.757. The molecule has 5 rings (SSSR count). The highest BCUT2D eigenvalue weighted by Gasteiger charge is 2.39. The zero-order valence-corrected chi connectivity index (χ0v) is 15.7. The van der Waals surface area contributed by atoms with Gasteiger partial charge < -0.3 is 9.88 Å². The van der Waals surface area contributed by atoms with Crippen LogP contribution >= 0.6 is 11.3 Å². The summed E-state index contributed by atoms with van der Waals surface area (Å²) in [4.78, 5) is 15.2. The molecule has 0 saturated carbocycles. The van der Waals surface area contributed by atoms with Gasteiger partial charge in [-0.15, -0.1) is 10.2 Å². The number of amides is 1. The third kappa shape index (κ3) is 3.28. The van der Waals surface area contributed by atoms with E-state index >= 15 is 0 Å². The number of rotatable bonds is 4. The second-order valence-electron chi connectivity index (χ2n) is 7.42. The van der Waals surface area contributed by atoms with Crippen molar-refractivity contribution in [1.82, 2.24) is 19.7 Å². The van der Waals surface area contributed by atoms with Gasteiger partial charge in [-0.05, 0) is 46.4 Å². The predicted molar refractivity (Wildman–Crippen MR) is 105 cm³/mol.